The van der Waals surface area contributed by atoms with Gasteiger partial charge in [-0.3, -0.25) is 0 Å². The predicted octanol–water partition coefficient (Wildman–Crippen LogP) is 3.31. The lowest BCUT2D eigenvalue weighted by Gasteiger charge is -2.40. The summed E-state index contributed by atoms with van der Waals surface area (Å²) in [6, 6.07) is 4.81. The Kier molecular flexibility index (Phi) is 4.10. The zero-order valence-corrected chi connectivity index (χ0v) is 13.3. The molecule has 3 rings (SSSR count). The number of hydrogen-bond acceptors (Lipinski definition) is 5. The summed E-state index contributed by atoms with van der Waals surface area (Å²) in [5, 5.41) is 4.39. The van der Waals surface area contributed by atoms with Gasteiger partial charge in [0.2, 0.25) is 0 Å². The molecule has 4 nitrogen and oxygen atoms in total. The second-order valence-electron chi connectivity index (χ2n) is 5.42. The molecule has 2 aromatic rings. The second-order valence-corrected chi connectivity index (χ2v) is 6.36. The minimum absolute atomic E-state index is 0.410. The molecule has 0 aliphatic carbocycles. The van der Waals surface area contributed by atoms with Crippen LogP contribution >= 0.6 is 23.3 Å². The highest BCUT2D eigenvalue weighted by Crippen LogP contribution is 2.35. The molecule has 1 aromatic carbocycles. The number of nitrogens with one attached hydrogen (secondary N) is 1. The van der Waals surface area contributed by atoms with Crippen LogP contribution in [-0.2, 0) is 0 Å². The molecule has 1 aliphatic rings. The fourth-order valence-corrected chi connectivity index (χ4v) is 3.67. The highest BCUT2D eigenvalue weighted by molar-refractivity contribution is 7.00. The minimum Gasteiger partial charge on any atom is -0.363 e. The van der Waals surface area contributed by atoms with Gasteiger partial charge >= 0.3 is 0 Å². The van der Waals surface area contributed by atoms with Crippen LogP contribution in [0.5, 0.6) is 0 Å². The lowest BCUT2D eigenvalue weighted by molar-refractivity contribution is 0.387. The van der Waals surface area contributed by atoms with E-state index in [0.717, 1.165) is 34.8 Å². The summed E-state index contributed by atoms with van der Waals surface area (Å²) >= 11 is 7.71. The average molecular weight is 311 g/mol. The normalized spacial score (nSPS) is 23.4. The molecule has 20 heavy (non-hydrogen) atoms. The van der Waals surface area contributed by atoms with Crippen LogP contribution in [-0.4, -0.2) is 33.9 Å². The van der Waals surface area contributed by atoms with Crippen LogP contribution in [0.4, 0.5) is 5.69 Å². The number of fused-ring (bicyclic) bond motifs is 1. The molecular weight excluding hydrogens is 292 g/mol. The number of hydrogen-bond donors (Lipinski definition) is 1. The maximum absolute atomic E-state index is 6.46. The molecule has 6 heteroatoms. The summed E-state index contributed by atoms with van der Waals surface area (Å²) < 4.78 is 8.77. The summed E-state index contributed by atoms with van der Waals surface area (Å²) in [5.41, 5.74) is 2.92. The first kappa shape index (κ1) is 14.0. The van der Waals surface area contributed by atoms with Crippen molar-refractivity contribution in [3.63, 3.8) is 0 Å². The van der Waals surface area contributed by atoms with Crippen molar-refractivity contribution in [2.24, 2.45) is 0 Å². The Labute approximate surface area is 128 Å². The van der Waals surface area contributed by atoms with Gasteiger partial charge in [0, 0.05) is 25.2 Å². The maximum atomic E-state index is 6.46. The molecular formula is C14H19ClN4S. The van der Waals surface area contributed by atoms with Gasteiger partial charge in [-0.05, 0) is 25.5 Å². The molecule has 0 saturated carbocycles. The molecule has 2 unspecified atom stereocenters. The number of aromatic nitrogens is 2. The summed E-state index contributed by atoms with van der Waals surface area (Å²) in [7, 11) is 0. The van der Waals surface area contributed by atoms with Crippen LogP contribution in [0.1, 0.15) is 26.7 Å². The van der Waals surface area contributed by atoms with Gasteiger partial charge in [-0.25, -0.2) is 0 Å². The van der Waals surface area contributed by atoms with Crippen LogP contribution in [0.2, 0.25) is 5.02 Å². The third kappa shape index (κ3) is 2.50. The first-order valence-corrected chi connectivity index (χ1v) is 8.22. The van der Waals surface area contributed by atoms with Gasteiger partial charge in [0.15, 0.2) is 0 Å². The van der Waals surface area contributed by atoms with Gasteiger partial charge in [-0.15, -0.1) is 0 Å². The highest BCUT2D eigenvalue weighted by atomic mass is 35.5. The van der Waals surface area contributed by atoms with Gasteiger partial charge in [0.25, 0.3) is 0 Å². The van der Waals surface area contributed by atoms with Crippen molar-refractivity contribution in [2.45, 2.75) is 38.8 Å². The molecule has 0 amide bonds. The second kappa shape index (κ2) is 5.84. The van der Waals surface area contributed by atoms with E-state index in [1.165, 1.54) is 24.6 Å². The summed E-state index contributed by atoms with van der Waals surface area (Å²) in [5.74, 6) is 0. The summed E-state index contributed by atoms with van der Waals surface area (Å²) in [6.07, 6.45) is 2.38. The molecule has 1 aromatic heterocycles. The van der Waals surface area contributed by atoms with E-state index in [0.29, 0.717) is 12.1 Å². The molecule has 1 aliphatic heterocycles. The summed E-state index contributed by atoms with van der Waals surface area (Å²) in [6.45, 7) is 6.41. The van der Waals surface area contributed by atoms with Crippen molar-refractivity contribution < 1.29 is 0 Å². The van der Waals surface area contributed by atoms with Crippen molar-refractivity contribution in [1.29, 1.82) is 0 Å². The van der Waals surface area contributed by atoms with E-state index in [1.807, 2.05) is 12.1 Å². The predicted molar refractivity (Wildman–Crippen MR) is 85.9 cm³/mol. The van der Waals surface area contributed by atoms with Gasteiger partial charge in [-0.1, -0.05) is 24.9 Å². The zero-order chi connectivity index (χ0) is 14.1. The van der Waals surface area contributed by atoms with Crippen molar-refractivity contribution in [3.8, 4) is 0 Å². The molecule has 0 bridgehead atoms. The van der Waals surface area contributed by atoms with E-state index in [-0.39, 0.29) is 0 Å². The van der Waals surface area contributed by atoms with Crippen LogP contribution in [0.15, 0.2) is 12.1 Å². The first-order chi connectivity index (χ1) is 9.70. The molecule has 0 spiro atoms. The molecule has 2 heterocycles. The van der Waals surface area contributed by atoms with Crippen molar-refractivity contribution in [1.82, 2.24) is 14.1 Å². The zero-order valence-electron chi connectivity index (χ0n) is 11.8. The van der Waals surface area contributed by atoms with Gasteiger partial charge in [0.1, 0.15) is 11.0 Å². The minimum atomic E-state index is 0.410. The Hall–Kier alpha value is -0.910. The number of halogens is 1. The number of nitrogens with zero attached hydrogens (tertiary/aromatic N) is 3. The van der Waals surface area contributed by atoms with Crippen molar-refractivity contribution >= 4 is 40.0 Å². The smallest absolute Gasteiger partial charge is 0.129 e. The molecule has 108 valence electrons. The molecule has 2 atom stereocenters. The van der Waals surface area contributed by atoms with Gasteiger partial charge in [0.05, 0.1) is 22.4 Å². The number of benzene rings is 1. The SMILES string of the molecule is CCCC1CN(c2c(Cl)ccc3nsnc23)C(C)CN1. The number of anilines is 1. The maximum Gasteiger partial charge on any atom is 0.129 e. The number of rotatable bonds is 3. The highest BCUT2D eigenvalue weighted by Gasteiger charge is 2.28. The van der Waals surface area contributed by atoms with E-state index in [4.69, 9.17) is 11.6 Å². The van der Waals surface area contributed by atoms with E-state index in [9.17, 15) is 0 Å². The van der Waals surface area contributed by atoms with Gasteiger partial charge in [-0.2, -0.15) is 8.75 Å². The van der Waals surface area contributed by atoms with E-state index >= 15 is 0 Å². The lowest BCUT2D eigenvalue weighted by atomic mass is 10.0. The van der Waals surface area contributed by atoms with E-state index in [2.05, 4.69) is 32.8 Å². The Morgan fingerprint density at radius 2 is 2.30 bits per heavy atom. The van der Waals surface area contributed by atoms with Crippen LogP contribution in [0.3, 0.4) is 0 Å². The quantitative estimate of drug-likeness (QED) is 0.944. The molecule has 1 N–H and O–H groups in total. The lowest BCUT2D eigenvalue weighted by Crippen LogP contribution is -2.55. The van der Waals surface area contributed by atoms with Crippen LogP contribution in [0, 0.1) is 0 Å². The molecule has 1 fully saturated rings. The third-order valence-electron chi connectivity index (χ3n) is 3.93. The topological polar surface area (TPSA) is 41.1 Å². The Balaban J connectivity index is 1.99. The fourth-order valence-electron chi connectivity index (χ4n) is 2.87. The molecule has 0 radical (unpaired) electrons. The van der Waals surface area contributed by atoms with Crippen molar-refractivity contribution in [3.05, 3.63) is 17.2 Å². The largest absolute Gasteiger partial charge is 0.363 e. The molecule has 1 saturated heterocycles. The Morgan fingerprint density at radius 3 is 3.10 bits per heavy atom. The van der Waals surface area contributed by atoms with Crippen LogP contribution in [0.25, 0.3) is 11.0 Å². The standard InChI is InChI=1S/C14H19ClN4S/c1-3-4-10-8-19(9(2)7-16-10)14-11(15)5-6-12-13(14)18-20-17-12/h5-6,9-10,16H,3-4,7-8H2,1-2H3. The van der Waals surface area contributed by atoms with Gasteiger partial charge < -0.3 is 10.2 Å². The van der Waals surface area contributed by atoms with E-state index < -0.39 is 0 Å². The average Bonchev–Trinajstić information content (AvgIpc) is 2.90. The fraction of sp³-hybridized carbons (Fsp3) is 0.571. The van der Waals surface area contributed by atoms with Crippen LogP contribution < -0.4 is 10.2 Å². The summed E-state index contributed by atoms with van der Waals surface area (Å²) in [4.78, 5) is 2.39. The number of piperazine rings is 1. The van der Waals surface area contributed by atoms with Crippen molar-refractivity contribution in [2.75, 3.05) is 18.0 Å². The Morgan fingerprint density at radius 1 is 1.45 bits per heavy atom. The van der Waals surface area contributed by atoms with E-state index in [1.54, 1.807) is 0 Å². The third-order valence-corrected chi connectivity index (χ3v) is 4.77. The Bertz CT molecular complexity index is 600. The first-order valence-electron chi connectivity index (χ1n) is 7.11. The monoisotopic (exact) mass is 310 g/mol.